The molecule has 47 heavy (non-hydrogen) atoms. The zero-order valence-electron chi connectivity index (χ0n) is 29.7. The van der Waals surface area contributed by atoms with Gasteiger partial charge in [-0.15, -0.1) is 0 Å². The third kappa shape index (κ3) is 35.5. The molecule has 0 fully saturated rings. The van der Waals surface area contributed by atoms with Crippen molar-refractivity contribution in [2.24, 2.45) is 0 Å². The van der Waals surface area contributed by atoms with E-state index in [0.717, 1.165) is 83.5 Å². The van der Waals surface area contributed by atoms with Crippen LogP contribution in [0, 0.1) is 0 Å². The highest BCUT2D eigenvalue weighted by atomic mass is 16.6. The number of aliphatic hydroxyl groups excluding tert-OH is 1. The largest absolute Gasteiger partial charge is 0.462 e. The summed E-state index contributed by atoms with van der Waals surface area (Å²) in [5.41, 5.74) is 0. The number of hydrogen-bond donors (Lipinski definition) is 1. The van der Waals surface area contributed by atoms with Crippen molar-refractivity contribution in [1.29, 1.82) is 0 Å². The van der Waals surface area contributed by atoms with Crippen molar-refractivity contribution >= 4 is 11.9 Å². The second kappa shape index (κ2) is 37.3. The molecule has 0 bridgehead atoms. The van der Waals surface area contributed by atoms with Crippen LogP contribution in [0.1, 0.15) is 136 Å². The molecule has 5 heteroatoms. The Morgan fingerprint density at radius 2 is 0.957 bits per heavy atom. The second-order valence-corrected chi connectivity index (χ2v) is 11.6. The van der Waals surface area contributed by atoms with E-state index in [1.807, 2.05) is 36.5 Å². The number of carbonyl (C=O) groups is 2. The minimum absolute atomic E-state index is 0.0975. The number of hydrogen-bond acceptors (Lipinski definition) is 5. The molecule has 264 valence electrons. The summed E-state index contributed by atoms with van der Waals surface area (Å²) in [6.07, 6.45) is 51.8. The third-order valence-electron chi connectivity index (χ3n) is 7.22. The summed E-state index contributed by atoms with van der Waals surface area (Å²) in [4.78, 5) is 24.2. The monoisotopic (exact) mass is 650 g/mol. The predicted molar refractivity (Wildman–Crippen MR) is 200 cm³/mol. The van der Waals surface area contributed by atoms with E-state index in [2.05, 4.69) is 74.6 Å². The van der Waals surface area contributed by atoms with E-state index in [1.54, 1.807) is 0 Å². The van der Waals surface area contributed by atoms with Gasteiger partial charge in [-0.25, -0.2) is 0 Å². The van der Waals surface area contributed by atoms with Crippen LogP contribution >= 0.6 is 0 Å². The van der Waals surface area contributed by atoms with Crippen LogP contribution in [0.15, 0.2) is 97.2 Å². The molecule has 0 aromatic carbocycles. The van der Waals surface area contributed by atoms with Crippen LogP contribution in [-0.2, 0) is 19.1 Å². The summed E-state index contributed by atoms with van der Waals surface area (Å²) in [6.45, 7) is 3.81. The van der Waals surface area contributed by atoms with Gasteiger partial charge in [0.25, 0.3) is 0 Å². The van der Waals surface area contributed by atoms with E-state index in [1.165, 1.54) is 25.7 Å². The average molecular weight is 651 g/mol. The summed E-state index contributed by atoms with van der Waals surface area (Å²) in [5.74, 6) is -0.661. The topological polar surface area (TPSA) is 72.8 Å². The summed E-state index contributed by atoms with van der Waals surface area (Å²) < 4.78 is 10.5. The lowest BCUT2D eigenvalue weighted by Gasteiger charge is -2.15. The maximum Gasteiger partial charge on any atom is 0.306 e. The Hall–Kier alpha value is -3.18. The number of ether oxygens (including phenoxy) is 2. The van der Waals surface area contributed by atoms with E-state index < -0.39 is 6.10 Å². The van der Waals surface area contributed by atoms with Gasteiger partial charge in [0, 0.05) is 12.8 Å². The molecule has 0 spiro atoms. The molecule has 0 saturated carbocycles. The Morgan fingerprint density at radius 3 is 1.55 bits per heavy atom. The van der Waals surface area contributed by atoms with Gasteiger partial charge in [-0.1, -0.05) is 150 Å². The number of unbranched alkanes of at least 4 members (excludes halogenated alkanes) is 10. The third-order valence-corrected chi connectivity index (χ3v) is 7.22. The molecule has 0 saturated heterocycles. The average Bonchev–Trinajstić information content (AvgIpc) is 3.07. The van der Waals surface area contributed by atoms with Gasteiger partial charge in [-0.3, -0.25) is 9.59 Å². The summed E-state index contributed by atoms with van der Waals surface area (Å²) in [6, 6.07) is 0. The van der Waals surface area contributed by atoms with Crippen LogP contribution < -0.4 is 0 Å². The van der Waals surface area contributed by atoms with Crippen molar-refractivity contribution in [1.82, 2.24) is 0 Å². The molecule has 1 unspecified atom stereocenters. The lowest BCUT2D eigenvalue weighted by Crippen LogP contribution is -2.28. The number of allylic oxidation sites excluding steroid dienone is 16. The highest BCUT2D eigenvalue weighted by Crippen LogP contribution is 2.11. The molecule has 1 atom stereocenters. The summed E-state index contributed by atoms with van der Waals surface area (Å²) in [7, 11) is 0. The van der Waals surface area contributed by atoms with Gasteiger partial charge in [0.2, 0.25) is 0 Å². The SMILES string of the molecule is CC/C=C/C=C/C=C/C=C/CCCCCC(=O)OCC(CO)OC(=O)CCCCCCCCC/C=C/C/C=C/C/C=C/C/C=C/CC. The zero-order valence-corrected chi connectivity index (χ0v) is 29.7. The van der Waals surface area contributed by atoms with Gasteiger partial charge in [0.15, 0.2) is 6.10 Å². The van der Waals surface area contributed by atoms with Crippen LogP contribution in [0.2, 0.25) is 0 Å². The zero-order chi connectivity index (χ0) is 34.3. The molecule has 0 aliphatic rings. The molecule has 0 amide bonds. The predicted octanol–water partition coefficient (Wildman–Crippen LogP) is 11.3. The number of aliphatic hydroxyl groups is 1. The standard InChI is InChI=1S/C42H66O5/c1-3-5-7-9-11-13-15-17-18-19-20-21-22-23-25-27-29-31-33-35-37-42(45)47-40(38-43)39-46-41(44)36-34-32-30-28-26-24-16-14-12-10-8-6-4-2/h5-8,10-14,16-18,20-21,24,26,40,43H,3-4,9,15,19,22-23,25,27-39H2,1-2H3/b7-5+,8-6+,12-10+,13-11+,16-14+,18-17+,21-20+,26-24+. The van der Waals surface area contributed by atoms with Crippen LogP contribution in [0.25, 0.3) is 0 Å². The Morgan fingerprint density at radius 1 is 0.511 bits per heavy atom. The van der Waals surface area contributed by atoms with E-state index in [9.17, 15) is 14.7 Å². The molecule has 0 radical (unpaired) electrons. The van der Waals surface area contributed by atoms with Gasteiger partial charge in [0.1, 0.15) is 6.61 Å². The quantitative estimate of drug-likeness (QED) is 0.0350. The first-order valence-electron chi connectivity index (χ1n) is 18.3. The highest BCUT2D eigenvalue weighted by Gasteiger charge is 2.16. The highest BCUT2D eigenvalue weighted by molar-refractivity contribution is 5.70. The number of rotatable bonds is 31. The number of esters is 2. The first-order valence-corrected chi connectivity index (χ1v) is 18.3. The van der Waals surface area contributed by atoms with Gasteiger partial charge >= 0.3 is 11.9 Å². The minimum Gasteiger partial charge on any atom is -0.462 e. The maximum absolute atomic E-state index is 12.2. The molecule has 0 aliphatic carbocycles. The first-order chi connectivity index (χ1) is 23.1. The summed E-state index contributed by atoms with van der Waals surface area (Å²) >= 11 is 0. The molecule has 0 aromatic rings. The van der Waals surface area contributed by atoms with E-state index in [4.69, 9.17) is 9.47 Å². The fourth-order valence-electron chi connectivity index (χ4n) is 4.49. The molecule has 0 heterocycles. The fraction of sp³-hybridized carbons (Fsp3) is 0.571. The smallest absolute Gasteiger partial charge is 0.306 e. The van der Waals surface area contributed by atoms with Crippen molar-refractivity contribution in [3.8, 4) is 0 Å². The fourth-order valence-corrected chi connectivity index (χ4v) is 4.49. The Balaban J connectivity index is 3.68. The molecular formula is C42H66O5. The normalized spacial score (nSPS) is 13.3. The molecule has 0 aromatic heterocycles. The molecule has 1 N–H and O–H groups in total. The maximum atomic E-state index is 12.2. The first kappa shape index (κ1) is 43.8. The van der Waals surface area contributed by atoms with Crippen LogP contribution in [0.4, 0.5) is 0 Å². The van der Waals surface area contributed by atoms with Crippen molar-refractivity contribution in [2.45, 2.75) is 142 Å². The van der Waals surface area contributed by atoms with Crippen LogP contribution in [0.3, 0.4) is 0 Å². The van der Waals surface area contributed by atoms with Crippen molar-refractivity contribution in [3.05, 3.63) is 97.2 Å². The molecule has 0 aliphatic heterocycles. The minimum atomic E-state index is -0.799. The van der Waals surface area contributed by atoms with Crippen molar-refractivity contribution < 1.29 is 24.2 Å². The Bertz CT molecular complexity index is 964. The van der Waals surface area contributed by atoms with E-state index in [0.29, 0.717) is 12.8 Å². The van der Waals surface area contributed by atoms with Gasteiger partial charge in [-0.05, 0) is 70.6 Å². The summed E-state index contributed by atoms with van der Waals surface area (Å²) in [5, 5.41) is 9.53. The van der Waals surface area contributed by atoms with Crippen LogP contribution in [-0.4, -0.2) is 36.4 Å². The number of carbonyl (C=O) groups excluding carboxylic acids is 2. The van der Waals surface area contributed by atoms with Gasteiger partial charge in [0.05, 0.1) is 6.61 Å². The van der Waals surface area contributed by atoms with Crippen molar-refractivity contribution in [3.63, 3.8) is 0 Å². The molecular weight excluding hydrogens is 584 g/mol. The van der Waals surface area contributed by atoms with Gasteiger partial charge in [-0.2, -0.15) is 0 Å². The molecule has 0 rings (SSSR count). The lowest BCUT2D eigenvalue weighted by molar-refractivity contribution is -0.161. The lowest BCUT2D eigenvalue weighted by atomic mass is 10.1. The molecule has 5 nitrogen and oxygen atoms in total. The second-order valence-electron chi connectivity index (χ2n) is 11.6. The van der Waals surface area contributed by atoms with Crippen molar-refractivity contribution in [2.75, 3.05) is 13.2 Å². The van der Waals surface area contributed by atoms with Gasteiger partial charge < -0.3 is 14.6 Å². The Labute approximate surface area is 288 Å². The Kier molecular flexibility index (Phi) is 34.8. The van der Waals surface area contributed by atoms with Crippen LogP contribution in [0.5, 0.6) is 0 Å². The van der Waals surface area contributed by atoms with E-state index >= 15 is 0 Å². The van der Waals surface area contributed by atoms with E-state index in [-0.39, 0.29) is 25.2 Å².